The highest BCUT2D eigenvalue weighted by Gasteiger charge is 2.00. The molecule has 0 radical (unpaired) electrons. The molecule has 0 atom stereocenters. The number of benzene rings is 1. The van der Waals surface area contributed by atoms with Crippen LogP contribution in [0.5, 0.6) is 0 Å². The zero-order valence-electron chi connectivity index (χ0n) is 11.5. The zero-order chi connectivity index (χ0) is 13.5. The first-order chi connectivity index (χ1) is 9.24. The van der Waals surface area contributed by atoms with Gasteiger partial charge in [0.2, 0.25) is 0 Å². The summed E-state index contributed by atoms with van der Waals surface area (Å²) in [6.45, 7) is 6.13. The van der Waals surface area contributed by atoms with E-state index in [9.17, 15) is 0 Å². The molecule has 0 fully saturated rings. The van der Waals surface area contributed by atoms with Crippen molar-refractivity contribution >= 4 is 11.8 Å². The Balaban J connectivity index is 1.74. The SMILES string of the molecule is CC(C)NCc1cn(CCSc2ccccc2)cn1. The highest BCUT2D eigenvalue weighted by Crippen LogP contribution is 2.17. The molecule has 0 amide bonds. The van der Waals surface area contributed by atoms with Crippen molar-refractivity contribution in [1.82, 2.24) is 14.9 Å². The number of aromatic nitrogens is 2. The molecule has 102 valence electrons. The third kappa shape index (κ3) is 5.09. The van der Waals surface area contributed by atoms with Crippen molar-refractivity contribution in [1.29, 1.82) is 0 Å². The highest BCUT2D eigenvalue weighted by atomic mass is 32.2. The Morgan fingerprint density at radius 1 is 1.26 bits per heavy atom. The first-order valence-electron chi connectivity index (χ1n) is 6.66. The van der Waals surface area contributed by atoms with Crippen LogP contribution in [0.25, 0.3) is 0 Å². The van der Waals surface area contributed by atoms with Gasteiger partial charge in [-0.2, -0.15) is 0 Å². The van der Waals surface area contributed by atoms with Crippen LogP contribution >= 0.6 is 11.8 Å². The van der Waals surface area contributed by atoms with E-state index in [0.717, 1.165) is 24.5 Å². The Kier molecular flexibility index (Phi) is 5.48. The molecular weight excluding hydrogens is 254 g/mol. The summed E-state index contributed by atoms with van der Waals surface area (Å²) in [6, 6.07) is 11.0. The summed E-state index contributed by atoms with van der Waals surface area (Å²) < 4.78 is 2.16. The van der Waals surface area contributed by atoms with Gasteiger partial charge < -0.3 is 9.88 Å². The van der Waals surface area contributed by atoms with Crippen LogP contribution in [0.1, 0.15) is 19.5 Å². The van der Waals surface area contributed by atoms with Gasteiger partial charge in [0.25, 0.3) is 0 Å². The van der Waals surface area contributed by atoms with E-state index in [0.29, 0.717) is 6.04 Å². The summed E-state index contributed by atoms with van der Waals surface area (Å²) in [5, 5.41) is 3.38. The van der Waals surface area contributed by atoms with Crippen molar-refractivity contribution in [2.24, 2.45) is 0 Å². The molecule has 0 saturated carbocycles. The molecule has 1 aromatic heterocycles. The minimum atomic E-state index is 0.499. The molecule has 0 unspecified atom stereocenters. The highest BCUT2D eigenvalue weighted by molar-refractivity contribution is 7.99. The maximum Gasteiger partial charge on any atom is 0.0950 e. The van der Waals surface area contributed by atoms with Gasteiger partial charge in [-0.25, -0.2) is 4.98 Å². The van der Waals surface area contributed by atoms with Crippen LogP contribution in [0, 0.1) is 0 Å². The molecule has 2 rings (SSSR count). The van der Waals surface area contributed by atoms with Gasteiger partial charge in [-0.1, -0.05) is 32.0 Å². The molecule has 19 heavy (non-hydrogen) atoms. The minimum Gasteiger partial charge on any atom is -0.336 e. The second kappa shape index (κ2) is 7.36. The first-order valence-corrected chi connectivity index (χ1v) is 7.64. The third-order valence-corrected chi connectivity index (χ3v) is 3.73. The molecule has 0 aliphatic rings. The number of aryl methyl sites for hydroxylation is 1. The van der Waals surface area contributed by atoms with Gasteiger partial charge >= 0.3 is 0 Å². The molecule has 1 N–H and O–H groups in total. The van der Waals surface area contributed by atoms with E-state index in [1.165, 1.54) is 4.90 Å². The van der Waals surface area contributed by atoms with Crippen molar-refractivity contribution in [3.63, 3.8) is 0 Å². The van der Waals surface area contributed by atoms with Crippen LogP contribution in [0.4, 0.5) is 0 Å². The average molecular weight is 275 g/mol. The summed E-state index contributed by atoms with van der Waals surface area (Å²) in [4.78, 5) is 5.73. The maximum atomic E-state index is 4.41. The van der Waals surface area contributed by atoms with Gasteiger partial charge in [0.05, 0.1) is 12.0 Å². The fourth-order valence-electron chi connectivity index (χ4n) is 1.71. The Hall–Kier alpha value is -1.26. The summed E-state index contributed by atoms with van der Waals surface area (Å²) in [6.07, 6.45) is 4.05. The Labute approximate surface area is 119 Å². The number of nitrogens with zero attached hydrogens (tertiary/aromatic N) is 2. The Morgan fingerprint density at radius 2 is 2.05 bits per heavy atom. The Bertz CT molecular complexity index is 479. The predicted molar refractivity (Wildman–Crippen MR) is 81.4 cm³/mol. The average Bonchev–Trinajstić information content (AvgIpc) is 2.86. The molecule has 3 nitrogen and oxygen atoms in total. The molecule has 0 spiro atoms. The van der Waals surface area contributed by atoms with Crippen molar-refractivity contribution in [2.75, 3.05) is 5.75 Å². The van der Waals surface area contributed by atoms with E-state index in [2.05, 4.69) is 59.2 Å². The van der Waals surface area contributed by atoms with Gasteiger partial charge in [0.15, 0.2) is 0 Å². The van der Waals surface area contributed by atoms with Crippen LogP contribution in [0.15, 0.2) is 47.8 Å². The van der Waals surface area contributed by atoms with E-state index in [1.54, 1.807) is 0 Å². The molecule has 0 bridgehead atoms. The first kappa shape index (κ1) is 14.2. The quantitative estimate of drug-likeness (QED) is 0.787. The number of rotatable bonds is 7. The smallest absolute Gasteiger partial charge is 0.0950 e. The summed E-state index contributed by atoms with van der Waals surface area (Å²) in [5.74, 6) is 1.07. The van der Waals surface area contributed by atoms with E-state index in [-0.39, 0.29) is 0 Å². The van der Waals surface area contributed by atoms with E-state index in [1.807, 2.05) is 24.2 Å². The lowest BCUT2D eigenvalue weighted by Gasteiger charge is -2.05. The van der Waals surface area contributed by atoms with Crippen LogP contribution in [0.2, 0.25) is 0 Å². The van der Waals surface area contributed by atoms with Gasteiger partial charge in [0.1, 0.15) is 0 Å². The lowest BCUT2D eigenvalue weighted by atomic mass is 10.3. The van der Waals surface area contributed by atoms with Gasteiger partial charge in [0, 0.05) is 36.0 Å². The second-order valence-corrected chi connectivity index (χ2v) is 5.97. The summed E-state index contributed by atoms with van der Waals surface area (Å²) in [7, 11) is 0. The molecule has 0 aliphatic heterocycles. The van der Waals surface area contributed by atoms with E-state index < -0.39 is 0 Å². The molecule has 4 heteroatoms. The third-order valence-electron chi connectivity index (χ3n) is 2.74. The van der Waals surface area contributed by atoms with Gasteiger partial charge in [-0.3, -0.25) is 0 Å². The molecule has 1 heterocycles. The molecule has 0 aliphatic carbocycles. The number of imidazole rings is 1. The topological polar surface area (TPSA) is 29.9 Å². The summed E-state index contributed by atoms with van der Waals surface area (Å²) >= 11 is 1.88. The predicted octanol–water partition coefficient (Wildman–Crippen LogP) is 3.17. The molecule has 1 aromatic carbocycles. The van der Waals surface area contributed by atoms with Crippen LogP contribution < -0.4 is 5.32 Å². The molecular formula is C15H21N3S. The summed E-state index contributed by atoms with van der Waals surface area (Å²) in [5.41, 5.74) is 1.11. The van der Waals surface area contributed by atoms with Crippen molar-refractivity contribution in [3.05, 3.63) is 48.5 Å². The van der Waals surface area contributed by atoms with E-state index in [4.69, 9.17) is 0 Å². The normalized spacial score (nSPS) is 11.1. The van der Waals surface area contributed by atoms with Gasteiger partial charge in [-0.15, -0.1) is 11.8 Å². The van der Waals surface area contributed by atoms with Crippen molar-refractivity contribution in [2.45, 2.75) is 37.9 Å². The zero-order valence-corrected chi connectivity index (χ0v) is 12.4. The number of thioether (sulfide) groups is 1. The second-order valence-electron chi connectivity index (χ2n) is 4.80. The number of hydrogen-bond donors (Lipinski definition) is 1. The maximum absolute atomic E-state index is 4.41. The number of hydrogen-bond acceptors (Lipinski definition) is 3. The van der Waals surface area contributed by atoms with Crippen LogP contribution in [-0.4, -0.2) is 21.3 Å². The van der Waals surface area contributed by atoms with Crippen molar-refractivity contribution < 1.29 is 0 Å². The minimum absolute atomic E-state index is 0.499. The van der Waals surface area contributed by atoms with Crippen molar-refractivity contribution in [3.8, 4) is 0 Å². The number of nitrogens with one attached hydrogen (secondary N) is 1. The molecule has 0 saturated heterocycles. The monoisotopic (exact) mass is 275 g/mol. The van der Waals surface area contributed by atoms with Crippen LogP contribution in [-0.2, 0) is 13.1 Å². The lowest BCUT2D eigenvalue weighted by Crippen LogP contribution is -2.21. The standard InChI is InChI=1S/C15H21N3S/c1-13(2)16-10-14-11-18(12-17-14)8-9-19-15-6-4-3-5-7-15/h3-7,11-13,16H,8-10H2,1-2H3. The van der Waals surface area contributed by atoms with Gasteiger partial charge in [-0.05, 0) is 12.1 Å². The fourth-order valence-corrected chi connectivity index (χ4v) is 2.60. The lowest BCUT2D eigenvalue weighted by molar-refractivity contribution is 0.582. The molecule has 2 aromatic rings. The largest absolute Gasteiger partial charge is 0.336 e. The van der Waals surface area contributed by atoms with E-state index >= 15 is 0 Å². The van der Waals surface area contributed by atoms with Crippen LogP contribution in [0.3, 0.4) is 0 Å². The Morgan fingerprint density at radius 3 is 2.79 bits per heavy atom. The fraction of sp³-hybridized carbons (Fsp3) is 0.400.